The number of aromatic hydroxyl groups is 2. The molecule has 0 bridgehead atoms. The highest BCUT2D eigenvalue weighted by Crippen LogP contribution is 2.35. The molecule has 7 heteroatoms. The number of hydrogen-bond donors (Lipinski definition) is 3. The lowest BCUT2D eigenvalue weighted by atomic mass is 10.1. The van der Waals surface area contributed by atoms with E-state index in [9.17, 15) is 10.2 Å². The molecule has 1 aromatic heterocycles. The van der Waals surface area contributed by atoms with Gasteiger partial charge in [-0.3, -0.25) is 0 Å². The molecule has 3 rings (SSSR count). The fraction of sp³-hybridized carbons (Fsp3) is 0.0625. The molecule has 5 nitrogen and oxygen atoms in total. The topological polar surface area (TPSA) is 74.6 Å². The van der Waals surface area contributed by atoms with E-state index >= 15 is 0 Å². The number of rotatable bonds is 4. The van der Waals surface area contributed by atoms with Gasteiger partial charge in [-0.2, -0.15) is 0 Å². The molecule has 2 aromatic carbocycles. The van der Waals surface area contributed by atoms with Crippen LogP contribution >= 0.6 is 22.9 Å². The zero-order valence-electron chi connectivity index (χ0n) is 12.1. The molecular weight excluding hydrogens is 336 g/mol. The zero-order chi connectivity index (χ0) is 16.4. The molecule has 0 saturated heterocycles. The van der Waals surface area contributed by atoms with Gasteiger partial charge in [0.2, 0.25) is 0 Å². The Hall–Kier alpha value is -2.44. The van der Waals surface area contributed by atoms with Crippen LogP contribution < -0.4 is 10.1 Å². The fourth-order valence-electron chi connectivity index (χ4n) is 2.04. The molecule has 0 atom stereocenters. The van der Waals surface area contributed by atoms with Gasteiger partial charge in [-0.25, -0.2) is 4.98 Å². The number of aromatic nitrogens is 1. The Bertz CT molecular complexity index is 851. The van der Waals surface area contributed by atoms with Crippen molar-refractivity contribution in [2.45, 2.75) is 0 Å². The Kier molecular flexibility index (Phi) is 4.27. The first-order valence-electron chi connectivity index (χ1n) is 6.65. The van der Waals surface area contributed by atoms with E-state index in [-0.39, 0.29) is 11.5 Å². The number of thiazole rings is 1. The van der Waals surface area contributed by atoms with Crippen LogP contribution in [0.4, 0.5) is 10.8 Å². The van der Waals surface area contributed by atoms with Gasteiger partial charge < -0.3 is 20.3 Å². The lowest BCUT2D eigenvalue weighted by Gasteiger charge is -2.09. The van der Waals surface area contributed by atoms with Gasteiger partial charge in [-0.05, 0) is 36.4 Å². The standard InChI is InChI=1S/C16H13ClN2O3S/c1-22-15-5-3-10(17)7-11(15)18-16-19-12(8-23-16)9-2-4-13(20)14(21)6-9/h2-8,20-21H,1H3,(H,18,19). The highest BCUT2D eigenvalue weighted by atomic mass is 35.5. The first-order valence-corrected chi connectivity index (χ1v) is 7.91. The Balaban J connectivity index is 1.88. The zero-order valence-corrected chi connectivity index (χ0v) is 13.6. The molecule has 0 aliphatic carbocycles. The number of methoxy groups -OCH3 is 1. The number of halogens is 1. The number of nitrogens with zero attached hydrogens (tertiary/aromatic N) is 1. The third-order valence-corrected chi connectivity index (χ3v) is 4.17. The maximum Gasteiger partial charge on any atom is 0.187 e. The molecule has 0 saturated carbocycles. The van der Waals surface area contributed by atoms with Crippen molar-refractivity contribution in [1.82, 2.24) is 4.98 Å². The second kappa shape index (κ2) is 6.36. The predicted molar refractivity (Wildman–Crippen MR) is 92.2 cm³/mol. The molecular formula is C16H13ClN2O3S. The SMILES string of the molecule is COc1ccc(Cl)cc1Nc1nc(-c2ccc(O)c(O)c2)cs1. The molecule has 0 radical (unpaired) electrons. The summed E-state index contributed by atoms with van der Waals surface area (Å²) < 4.78 is 5.29. The van der Waals surface area contributed by atoms with Crippen molar-refractivity contribution < 1.29 is 14.9 Å². The van der Waals surface area contributed by atoms with E-state index in [1.165, 1.54) is 23.5 Å². The normalized spacial score (nSPS) is 10.5. The summed E-state index contributed by atoms with van der Waals surface area (Å²) in [4.78, 5) is 4.47. The Morgan fingerprint density at radius 3 is 2.70 bits per heavy atom. The maximum absolute atomic E-state index is 9.58. The van der Waals surface area contributed by atoms with Crippen LogP contribution in [0, 0.1) is 0 Å². The van der Waals surface area contributed by atoms with Gasteiger partial charge in [0, 0.05) is 16.0 Å². The third-order valence-electron chi connectivity index (χ3n) is 3.18. The number of hydrogen-bond acceptors (Lipinski definition) is 6. The van der Waals surface area contributed by atoms with Gasteiger partial charge in [0.15, 0.2) is 16.6 Å². The molecule has 0 aliphatic heterocycles. The molecule has 0 fully saturated rings. The van der Waals surface area contributed by atoms with Crippen molar-refractivity contribution >= 4 is 33.8 Å². The molecule has 1 heterocycles. The number of benzene rings is 2. The van der Waals surface area contributed by atoms with Crippen LogP contribution in [-0.4, -0.2) is 22.3 Å². The Morgan fingerprint density at radius 2 is 1.96 bits per heavy atom. The van der Waals surface area contributed by atoms with Gasteiger partial charge in [0.25, 0.3) is 0 Å². The minimum Gasteiger partial charge on any atom is -0.504 e. The van der Waals surface area contributed by atoms with Crippen LogP contribution in [0.2, 0.25) is 5.02 Å². The summed E-state index contributed by atoms with van der Waals surface area (Å²) >= 11 is 7.42. The number of anilines is 2. The van der Waals surface area contributed by atoms with Crippen molar-refractivity contribution in [3.63, 3.8) is 0 Å². The van der Waals surface area contributed by atoms with Gasteiger partial charge >= 0.3 is 0 Å². The Morgan fingerprint density at radius 1 is 1.13 bits per heavy atom. The van der Waals surface area contributed by atoms with Crippen LogP contribution in [0.15, 0.2) is 41.8 Å². The molecule has 23 heavy (non-hydrogen) atoms. The van der Waals surface area contributed by atoms with Crippen LogP contribution in [0.1, 0.15) is 0 Å². The third kappa shape index (κ3) is 3.33. The molecule has 0 aliphatic rings. The monoisotopic (exact) mass is 348 g/mol. The highest BCUT2D eigenvalue weighted by Gasteiger charge is 2.10. The first kappa shape index (κ1) is 15.5. The molecule has 0 amide bonds. The number of phenolic OH excluding ortho intramolecular Hbond substituents is 2. The van der Waals surface area contributed by atoms with Gasteiger partial charge in [-0.1, -0.05) is 11.6 Å². The summed E-state index contributed by atoms with van der Waals surface area (Å²) in [7, 11) is 1.58. The lowest BCUT2D eigenvalue weighted by molar-refractivity contribution is 0.404. The highest BCUT2D eigenvalue weighted by molar-refractivity contribution is 7.14. The van der Waals surface area contributed by atoms with E-state index in [1.807, 2.05) is 5.38 Å². The minimum absolute atomic E-state index is 0.161. The summed E-state index contributed by atoms with van der Waals surface area (Å²) in [6.45, 7) is 0. The molecule has 0 spiro atoms. The summed E-state index contributed by atoms with van der Waals surface area (Å²) in [5.74, 6) is 0.320. The number of nitrogens with one attached hydrogen (secondary N) is 1. The fourth-order valence-corrected chi connectivity index (χ4v) is 2.94. The molecule has 3 aromatic rings. The van der Waals surface area contributed by atoms with Crippen LogP contribution in [0.25, 0.3) is 11.3 Å². The van der Waals surface area contributed by atoms with E-state index in [0.29, 0.717) is 27.2 Å². The van der Waals surface area contributed by atoms with Crippen molar-refractivity contribution in [1.29, 1.82) is 0 Å². The summed E-state index contributed by atoms with van der Waals surface area (Å²) in [6.07, 6.45) is 0. The largest absolute Gasteiger partial charge is 0.504 e. The second-order valence-corrected chi connectivity index (χ2v) is 6.01. The summed E-state index contributed by atoms with van der Waals surface area (Å²) in [5.41, 5.74) is 2.12. The number of ether oxygens (including phenoxy) is 1. The first-order chi connectivity index (χ1) is 11.1. The van der Waals surface area contributed by atoms with E-state index in [4.69, 9.17) is 16.3 Å². The van der Waals surface area contributed by atoms with Crippen molar-refractivity contribution in [3.8, 4) is 28.5 Å². The van der Waals surface area contributed by atoms with Gasteiger partial charge in [0.1, 0.15) is 5.75 Å². The van der Waals surface area contributed by atoms with Crippen LogP contribution in [-0.2, 0) is 0 Å². The maximum atomic E-state index is 9.58. The predicted octanol–water partition coefficient (Wildman–Crippen LogP) is 4.63. The van der Waals surface area contributed by atoms with Crippen molar-refractivity contribution in [3.05, 3.63) is 46.8 Å². The smallest absolute Gasteiger partial charge is 0.187 e. The van der Waals surface area contributed by atoms with Crippen molar-refractivity contribution in [2.75, 3.05) is 12.4 Å². The number of phenols is 2. The average Bonchev–Trinajstić information content (AvgIpc) is 2.99. The molecule has 118 valence electrons. The Labute approximate surface area is 141 Å². The van der Waals surface area contributed by atoms with Gasteiger partial charge in [-0.15, -0.1) is 11.3 Å². The van der Waals surface area contributed by atoms with E-state index in [0.717, 1.165) is 5.69 Å². The van der Waals surface area contributed by atoms with E-state index in [2.05, 4.69) is 10.3 Å². The van der Waals surface area contributed by atoms with Crippen LogP contribution in [0.5, 0.6) is 17.2 Å². The molecule has 3 N–H and O–H groups in total. The summed E-state index contributed by atoms with van der Waals surface area (Å²) in [5, 5.41) is 25.2. The van der Waals surface area contributed by atoms with Crippen LogP contribution in [0.3, 0.4) is 0 Å². The van der Waals surface area contributed by atoms with Crippen molar-refractivity contribution in [2.24, 2.45) is 0 Å². The van der Waals surface area contributed by atoms with E-state index < -0.39 is 0 Å². The average molecular weight is 349 g/mol. The second-order valence-electron chi connectivity index (χ2n) is 4.71. The molecule has 0 unspecified atom stereocenters. The lowest BCUT2D eigenvalue weighted by Crippen LogP contribution is -1.94. The summed E-state index contributed by atoms with van der Waals surface area (Å²) in [6, 6.07) is 9.86. The quantitative estimate of drug-likeness (QED) is 0.599. The van der Waals surface area contributed by atoms with E-state index in [1.54, 1.807) is 31.4 Å². The van der Waals surface area contributed by atoms with Gasteiger partial charge in [0.05, 0.1) is 18.5 Å². The minimum atomic E-state index is -0.179.